The van der Waals surface area contributed by atoms with Gasteiger partial charge in [-0.05, 0) is 46.2 Å². The fraction of sp³-hybridized carbons (Fsp3) is 1.00. The lowest BCUT2D eigenvalue weighted by Gasteiger charge is -2.29. The Kier molecular flexibility index (Phi) is 4.68. The van der Waals surface area contributed by atoms with Crippen molar-refractivity contribution in [2.75, 3.05) is 27.2 Å². The van der Waals surface area contributed by atoms with Gasteiger partial charge in [-0.3, -0.25) is 4.90 Å². The number of nitrogens with zero attached hydrogens (tertiary/aromatic N) is 2. The maximum absolute atomic E-state index is 3.80. The van der Waals surface area contributed by atoms with Crippen LogP contribution in [-0.2, 0) is 0 Å². The highest BCUT2D eigenvalue weighted by Crippen LogP contribution is 2.33. The first-order valence-electron chi connectivity index (χ1n) is 7.64. The Balaban J connectivity index is 1.76. The van der Waals surface area contributed by atoms with Crippen LogP contribution in [0.2, 0.25) is 0 Å². The monoisotopic (exact) mass is 253 g/mol. The Morgan fingerprint density at radius 2 is 1.94 bits per heavy atom. The molecule has 0 aromatic carbocycles. The molecule has 3 nitrogen and oxygen atoms in total. The quantitative estimate of drug-likeness (QED) is 0.778. The fourth-order valence-electron chi connectivity index (χ4n) is 3.42. The van der Waals surface area contributed by atoms with Gasteiger partial charge in [0.05, 0.1) is 0 Å². The molecule has 1 saturated carbocycles. The second-order valence-electron chi connectivity index (χ2n) is 6.89. The molecule has 2 rings (SSSR count). The first-order chi connectivity index (χ1) is 8.49. The topological polar surface area (TPSA) is 18.5 Å². The van der Waals surface area contributed by atoms with Gasteiger partial charge in [-0.1, -0.05) is 13.8 Å². The summed E-state index contributed by atoms with van der Waals surface area (Å²) in [6, 6.07) is 3.06. The smallest absolute Gasteiger partial charge is 0.0237 e. The van der Waals surface area contributed by atoms with Crippen LogP contribution < -0.4 is 5.32 Å². The lowest BCUT2D eigenvalue weighted by Crippen LogP contribution is -2.45. The van der Waals surface area contributed by atoms with E-state index < -0.39 is 0 Å². The summed E-state index contributed by atoms with van der Waals surface area (Å²) >= 11 is 0. The van der Waals surface area contributed by atoms with Crippen molar-refractivity contribution in [2.24, 2.45) is 5.92 Å². The average molecular weight is 253 g/mol. The summed E-state index contributed by atoms with van der Waals surface area (Å²) in [6.45, 7) is 9.43. The van der Waals surface area contributed by atoms with E-state index in [4.69, 9.17) is 0 Å². The number of likely N-dealkylation sites (N-methyl/N-ethyl adjacent to an activating group) is 1. The fourth-order valence-corrected chi connectivity index (χ4v) is 3.42. The second kappa shape index (κ2) is 5.89. The van der Waals surface area contributed by atoms with Crippen LogP contribution in [-0.4, -0.2) is 61.2 Å². The molecule has 2 fully saturated rings. The third-order valence-corrected chi connectivity index (χ3v) is 4.69. The van der Waals surface area contributed by atoms with Crippen molar-refractivity contribution < 1.29 is 0 Å². The third kappa shape index (κ3) is 3.46. The molecule has 3 atom stereocenters. The van der Waals surface area contributed by atoms with Crippen LogP contribution in [0.15, 0.2) is 0 Å². The largest absolute Gasteiger partial charge is 0.311 e. The molecule has 0 amide bonds. The third-order valence-electron chi connectivity index (χ3n) is 4.69. The van der Waals surface area contributed by atoms with E-state index in [0.29, 0.717) is 18.0 Å². The molecule has 1 aliphatic heterocycles. The maximum Gasteiger partial charge on any atom is 0.0237 e. The van der Waals surface area contributed by atoms with E-state index in [1.807, 2.05) is 0 Å². The normalized spacial score (nSPS) is 31.5. The zero-order chi connectivity index (χ0) is 13.3. The predicted octanol–water partition coefficient (Wildman–Crippen LogP) is 1.79. The highest BCUT2D eigenvalue weighted by Gasteiger charge is 2.38. The highest BCUT2D eigenvalue weighted by molar-refractivity contribution is 4.96. The molecular formula is C15H31N3. The molecule has 1 N–H and O–H groups in total. The Bertz CT molecular complexity index is 252. The van der Waals surface area contributed by atoms with E-state index in [2.05, 4.69) is 50.0 Å². The molecular weight excluding hydrogens is 222 g/mol. The van der Waals surface area contributed by atoms with Crippen molar-refractivity contribution in [3.8, 4) is 0 Å². The van der Waals surface area contributed by atoms with Gasteiger partial charge in [-0.2, -0.15) is 0 Å². The number of hydrogen-bond acceptors (Lipinski definition) is 3. The number of hydrogen-bond donors (Lipinski definition) is 1. The Labute approximate surface area is 113 Å². The predicted molar refractivity (Wildman–Crippen MR) is 77.9 cm³/mol. The van der Waals surface area contributed by atoms with Gasteiger partial charge < -0.3 is 10.2 Å². The minimum Gasteiger partial charge on any atom is -0.311 e. The van der Waals surface area contributed by atoms with Crippen molar-refractivity contribution in [1.82, 2.24) is 15.1 Å². The number of nitrogens with one attached hydrogen (secondary N) is 1. The number of rotatable bonds is 6. The van der Waals surface area contributed by atoms with Crippen LogP contribution in [0.25, 0.3) is 0 Å². The van der Waals surface area contributed by atoms with Crippen molar-refractivity contribution >= 4 is 0 Å². The van der Waals surface area contributed by atoms with E-state index in [-0.39, 0.29) is 0 Å². The van der Waals surface area contributed by atoms with Crippen LogP contribution in [0.1, 0.15) is 40.0 Å². The zero-order valence-corrected chi connectivity index (χ0v) is 12.8. The van der Waals surface area contributed by atoms with Crippen molar-refractivity contribution in [3.63, 3.8) is 0 Å². The molecule has 0 spiro atoms. The number of likely N-dealkylation sites (tertiary alicyclic amines) is 1. The molecule has 1 saturated heterocycles. The van der Waals surface area contributed by atoms with Crippen LogP contribution >= 0.6 is 0 Å². The van der Waals surface area contributed by atoms with Crippen molar-refractivity contribution in [2.45, 2.75) is 64.2 Å². The molecule has 1 aliphatic carbocycles. The lowest BCUT2D eigenvalue weighted by atomic mass is 10.0. The summed E-state index contributed by atoms with van der Waals surface area (Å²) < 4.78 is 0. The molecule has 18 heavy (non-hydrogen) atoms. The summed E-state index contributed by atoms with van der Waals surface area (Å²) in [5, 5.41) is 3.80. The van der Waals surface area contributed by atoms with E-state index in [1.165, 1.54) is 25.8 Å². The van der Waals surface area contributed by atoms with Crippen LogP contribution in [0.5, 0.6) is 0 Å². The van der Waals surface area contributed by atoms with E-state index in [1.54, 1.807) is 0 Å². The molecule has 0 bridgehead atoms. The van der Waals surface area contributed by atoms with E-state index in [9.17, 15) is 0 Å². The van der Waals surface area contributed by atoms with Crippen LogP contribution in [0.4, 0.5) is 0 Å². The van der Waals surface area contributed by atoms with Gasteiger partial charge in [0.2, 0.25) is 0 Å². The standard InChI is InChI=1S/C15H31N3/c1-11(2)15(17(4)5)9-16-13-8-12(3)18(10-13)14-6-7-14/h11-16H,6-10H2,1-5H3. The molecule has 0 aromatic rings. The summed E-state index contributed by atoms with van der Waals surface area (Å²) in [4.78, 5) is 5.08. The summed E-state index contributed by atoms with van der Waals surface area (Å²) in [7, 11) is 4.39. The maximum atomic E-state index is 3.80. The molecule has 0 aromatic heterocycles. The second-order valence-corrected chi connectivity index (χ2v) is 6.89. The summed E-state index contributed by atoms with van der Waals surface area (Å²) in [5.74, 6) is 0.714. The molecule has 1 heterocycles. The first-order valence-corrected chi connectivity index (χ1v) is 7.64. The summed E-state index contributed by atoms with van der Waals surface area (Å²) in [6.07, 6.45) is 4.20. The van der Waals surface area contributed by atoms with Gasteiger partial charge in [0, 0.05) is 37.3 Å². The Hall–Kier alpha value is -0.120. The van der Waals surface area contributed by atoms with Crippen LogP contribution in [0.3, 0.4) is 0 Å². The van der Waals surface area contributed by atoms with Crippen LogP contribution in [0, 0.1) is 5.92 Å². The Morgan fingerprint density at radius 3 is 2.44 bits per heavy atom. The first kappa shape index (κ1) is 14.3. The zero-order valence-electron chi connectivity index (χ0n) is 12.8. The van der Waals surface area contributed by atoms with Gasteiger partial charge >= 0.3 is 0 Å². The highest BCUT2D eigenvalue weighted by atomic mass is 15.3. The lowest BCUT2D eigenvalue weighted by molar-refractivity contribution is 0.216. The summed E-state index contributed by atoms with van der Waals surface area (Å²) in [5.41, 5.74) is 0. The molecule has 0 radical (unpaired) electrons. The van der Waals surface area contributed by atoms with Gasteiger partial charge in [0.1, 0.15) is 0 Å². The average Bonchev–Trinajstić information content (AvgIpc) is 3.03. The van der Waals surface area contributed by atoms with Gasteiger partial charge in [-0.25, -0.2) is 0 Å². The van der Waals surface area contributed by atoms with E-state index >= 15 is 0 Å². The SMILES string of the molecule is CC(C)C(CNC1CC(C)N(C2CC2)C1)N(C)C. The Morgan fingerprint density at radius 1 is 1.28 bits per heavy atom. The molecule has 3 unspecified atom stereocenters. The minimum absolute atomic E-state index is 0.648. The van der Waals surface area contributed by atoms with Gasteiger partial charge in [0.25, 0.3) is 0 Å². The minimum atomic E-state index is 0.648. The van der Waals surface area contributed by atoms with Crippen molar-refractivity contribution in [1.29, 1.82) is 0 Å². The van der Waals surface area contributed by atoms with Gasteiger partial charge in [-0.15, -0.1) is 0 Å². The van der Waals surface area contributed by atoms with Gasteiger partial charge in [0.15, 0.2) is 0 Å². The van der Waals surface area contributed by atoms with Crippen molar-refractivity contribution in [3.05, 3.63) is 0 Å². The van der Waals surface area contributed by atoms with E-state index in [0.717, 1.165) is 18.6 Å². The molecule has 106 valence electrons. The molecule has 3 heteroatoms. The molecule has 2 aliphatic rings.